The molecule has 2 atom stereocenters. The Morgan fingerprint density at radius 3 is 2.26 bits per heavy atom. The van der Waals surface area contributed by atoms with Gasteiger partial charge in [0.1, 0.15) is 5.75 Å². The number of para-hydroxylation sites is 1. The van der Waals surface area contributed by atoms with Crippen LogP contribution in [0.3, 0.4) is 0 Å². The van der Waals surface area contributed by atoms with E-state index < -0.39 is 0 Å². The van der Waals surface area contributed by atoms with Crippen molar-refractivity contribution < 1.29 is 4.74 Å². The predicted octanol–water partition coefficient (Wildman–Crippen LogP) is 3.89. The lowest BCUT2D eigenvalue weighted by Crippen LogP contribution is -2.20. The summed E-state index contributed by atoms with van der Waals surface area (Å²) in [4.78, 5) is 0. The van der Waals surface area contributed by atoms with Gasteiger partial charge in [0.05, 0.1) is 7.11 Å². The molecule has 2 aromatic carbocycles. The molecule has 2 heteroatoms. The molecule has 0 aliphatic carbocycles. The third-order valence-electron chi connectivity index (χ3n) is 3.60. The van der Waals surface area contributed by atoms with E-state index in [0.717, 1.165) is 17.7 Å². The fourth-order valence-corrected chi connectivity index (χ4v) is 2.56. The molecule has 0 amide bonds. The highest BCUT2D eigenvalue weighted by Gasteiger charge is 2.22. The summed E-state index contributed by atoms with van der Waals surface area (Å²) in [6.07, 6.45) is 1.00. The first-order valence-corrected chi connectivity index (χ1v) is 6.71. The van der Waals surface area contributed by atoms with Crippen LogP contribution in [0.25, 0.3) is 0 Å². The predicted molar refractivity (Wildman–Crippen MR) is 79.4 cm³/mol. The molecule has 0 aromatic heterocycles. The van der Waals surface area contributed by atoms with Crippen LogP contribution < -0.4 is 10.5 Å². The van der Waals surface area contributed by atoms with E-state index in [-0.39, 0.29) is 6.04 Å². The lowest BCUT2D eigenvalue weighted by molar-refractivity contribution is 0.399. The van der Waals surface area contributed by atoms with E-state index in [1.54, 1.807) is 7.11 Å². The maximum Gasteiger partial charge on any atom is 0.123 e. The van der Waals surface area contributed by atoms with E-state index in [1.165, 1.54) is 5.56 Å². The van der Waals surface area contributed by atoms with Gasteiger partial charge in [0.25, 0.3) is 0 Å². The Morgan fingerprint density at radius 2 is 1.63 bits per heavy atom. The van der Waals surface area contributed by atoms with Gasteiger partial charge in [0.2, 0.25) is 0 Å². The van der Waals surface area contributed by atoms with Crippen LogP contribution in [0, 0.1) is 0 Å². The summed E-state index contributed by atoms with van der Waals surface area (Å²) in [5, 5.41) is 0. The molecule has 2 N–H and O–H groups in total. The number of benzene rings is 2. The van der Waals surface area contributed by atoms with Gasteiger partial charge in [-0.3, -0.25) is 0 Å². The van der Waals surface area contributed by atoms with Gasteiger partial charge in [-0.2, -0.15) is 0 Å². The Kier molecular flexibility index (Phi) is 4.58. The molecule has 2 nitrogen and oxygen atoms in total. The third kappa shape index (κ3) is 2.96. The third-order valence-corrected chi connectivity index (χ3v) is 3.60. The smallest absolute Gasteiger partial charge is 0.123 e. The zero-order chi connectivity index (χ0) is 13.7. The maximum absolute atomic E-state index is 6.48. The normalized spacial score (nSPS) is 13.8. The number of methoxy groups -OCH3 is 1. The molecule has 0 saturated heterocycles. The maximum atomic E-state index is 6.48. The minimum atomic E-state index is -0.0523. The van der Waals surface area contributed by atoms with Crippen LogP contribution in [0.2, 0.25) is 0 Å². The van der Waals surface area contributed by atoms with Crippen molar-refractivity contribution in [3.8, 4) is 5.75 Å². The quantitative estimate of drug-likeness (QED) is 0.879. The van der Waals surface area contributed by atoms with Crippen LogP contribution in [0.15, 0.2) is 54.6 Å². The summed E-state index contributed by atoms with van der Waals surface area (Å²) in [6.45, 7) is 2.17. The van der Waals surface area contributed by atoms with Gasteiger partial charge in [-0.15, -0.1) is 0 Å². The number of rotatable bonds is 5. The molecule has 2 aromatic rings. The molecule has 0 saturated carbocycles. The van der Waals surface area contributed by atoms with Crippen LogP contribution in [-0.2, 0) is 0 Å². The van der Waals surface area contributed by atoms with Gasteiger partial charge in [0, 0.05) is 17.5 Å². The second kappa shape index (κ2) is 6.39. The van der Waals surface area contributed by atoms with Crippen molar-refractivity contribution in [3.63, 3.8) is 0 Å². The topological polar surface area (TPSA) is 35.2 Å². The average Bonchev–Trinajstić information content (AvgIpc) is 2.49. The summed E-state index contributed by atoms with van der Waals surface area (Å²) in [5.41, 5.74) is 8.83. The molecule has 0 spiro atoms. The lowest BCUT2D eigenvalue weighted by Gasteiger charge is -2.25. The highest BCUT2D eigenvalue weighted by atomic mass is 16.5. The zero-order valence-electron chi connectivity index (χ0n) is 11.5. The summed E-state index contributed by atoms with van der Waals surface area (Å²) in [7, 11) is 1.69. The minimum absolute atomic E-state index is 0.0523. The molecular formula is C17H21NO. The van der Waals surface area contributed by atoms with Crippen molar-refractivity contribution >= 4 is 0 Å². The zero-order valence-corrected chi connectivity index (χ0v) is 11.5. The van der Waals surface area contributed by atoms with Crippen molar-refractivity contribution in [1.82, 2.24) is 0 Å². The molecule has 100 valence electrons. The number of nitrogens with two attached hydrogens (primary N) is 1. The van der Waals surface area contributed by atoms with E-state index in [2.05, 4.69) is 37.3 Å². The van der Waals surface area contributed by atoms with Gasteiger partial charge in [-0.05, 0) is 18.1 Å². The summed E-state index contributed by atoms with van der Waals surface area (Å²) >= 11 is 0. The Balaban J connectivity index is 2.33. The van der Waals surface area contributed by atoms with E-state index in [4.69, 9.17) is 10.5 Å². The van der Waals surface area contributed by atoms with Crippen molar-refractivity contribution in [2.24, 2.45) is 5.73 Å². The van der Waals surface area contributed by atoms with Crippen LogP contribution in [0.4, 0.5) is 0 Å². The number of hydrogen-bond acceptors (Lipinski definition) is 2. The van der Waals surface area contributed by atoms with Crippen LogP contribution in [0.1, 0.15) is 36.4 Å². The fourth-order valence-electron chi connectivity index (χ4n) is 2.56. The molecule has 0 heterocycles. The molecule has 0 aliphatic heterocycles. The van der Waals surface area contributed by atoms with Crippen molar-refractivity contribution in [3.05, 3.63) is 65.7 Å². The lowest BCUT2D eigenvalue weighted by atomic mass is 9.85. The van der Waals surface area contributed by atoms with Gasteiger partial charge < -0.3 is 10.5 Å². The first kappa shape index (κ1) is 13.6. The molecule has 19 heavy (non-hydrogen) atoms. The van der Waals surface area contributed by atoms with E-state index >= 15 is 0 Å². The summed E-state index contributed by atoms with van der Waals surface area (Å²) < 4.78 is 5.42. The minimum Gasteiger partial charge on any atom is -0.496 e. The molecular weight excluding hydrogens is 234 g/mol. The molecule has 0 bridgehead atoms. The standard InChI is InChI=1S/C17H21NO/c1-3-14(13-9-5-4-6-10-13)17(18)15-11-7-8-12-16(15)19-2/h4-12,14,17H,3,18H2,1-2H3/t14-,17+/m1/s1. The van der Waals surface area contributed by atoms with Crippen LogP contribution >= 0.6 is 0 Å². The van der Waals surface area contributed by atoms with Crippen molar-refractivity contribution in [2.75, 3.05) is 7.11 Å². The van der Waals surface area contributed by atoms with E-state index in [9.17, 15) is 0 Å². The van der Waals surface area contributed by atoms with E-state index in [0.29, 0.717) is 5.92 Å². The van der Waals surface area contributed by atoms with Gasteiger partial charge in [-0.25, -0.2) is 0 Å². The Labute approximate surface area is 115 Å². The Morgan fingerprint density at radius 1 is 1.00 bits per heavy atom. The molecule has 0 unspecified atom stereocenters. The highest BCUT2D eigenvalue weighted by molar-refractivity contribution is 5.38. The first-order chi connectivity index (χ1) is 9.27. The summed E-state index contributed by atoms with van der Waals surface area (Å²) in [5.74, 6) is 1.17. The van der Waals surface area contributed by atoms with Crippen molar-refractivity contribution in [1.29, 1.82) is 0 Å². The first-order valence-electron chi connectivity index (χ1n) is 6.71. The second-order valence-corrected chi connectivity index (χ2v) is 4.69. The average molecular weight is 255 g/mol. The monoisotopic (exact) mass is 255 g/mol. The Bertz CT molecular complexity index is 510. The number of ether oxygens (including phenoxy) is 1. The SMILES string of the molecule is CC[C@H](c1ccccc1)[C@H](N)c1ccccc1OC. The fraction of sp³-hybridized carbons (Fsp3) is 0.294. The molecule has 0 aliphatic rings. The van der Waals surface area contributed by atoms with Gasteiger partial charge in [0.15, 0.2) is 0 Å². The van der Waals surface area contributed by atoms with Crippen molar-refractivity contribution in [2.45, 2.75) is 25.3 Å². The summed E-state index contributed by atoms with van der Waals surface area (Å²) in [6, 6.07) is 18.4. The second-order valence-electron chi connectivity index (χ2n) is 4.69. The van der Waals surface area contributed by atoms with E-state index in [1.807, 2.05) is 24.3 Å². The highest BCUT2D eigenvalue weighted by Crippen LogP contribution is 2.35. The Hall–Kier alpha value is -1.80. The largest absolute Gasteiger partial charge is 0.496 e. The molecule has 2 rings (SSSR count). The molecule has 0 radical (unpaired) electrons. The van der Waals surface area contributed by atoms with Crippen LogP contribution in [0.5, 0.6) is 5.75 Å². The number of hydrogen-bond donors (Lipinski definition) is 1. The van der Waals surface area contributed by atoms with Gasteiger partial charge >= 0.3 is 0 Å². The molecule has 0 fully saturated rings. The van der Waals surface area contributed by atoms with Crippen LogP contribution in [-0.4, -0.2) is 7.11 Å². The van der Waals surface area contributed by atoms with Gasteiger partial charge in [-0.1, -0.05) is 55.5 Å².